The van der Waals surface area contributed by atoms with E-state index in [2.05, 4.69) is 29.3 Å². The summed E-state index contributed by atoms with van der Waals surface area (Å²) in [4.78, 5) is 0. The summed E-state index contributed by atoms with van der Waals surface area (Å²) in [5, 5.41) is 8.10. The predicted octanol–water partition coefficient (Wildman–Crippen LogP) is 4.24. The molecule has 0 aliphatic carbocycles. The summed E-state index contributed by atoms with van der Waals surface area (Å²) in [6.07, 6.45) is 0. The number of rotatable bonds is 4. The van der Waals surface area contributed by atoms with Gasteiger partial charge in [-0.2, -0.15) is 0 Å². The smallest absolute Gasteiger partial charge is 0.254 e. The Balaban J connectivity index is 1.74. The molecule has 0 unspecified atom stereocenters. The Kier molecular flexibility index (Phi) is 3.92. The fourth-order valence-corrected chi connectivity index (χ4v) is 2.54. The van der Waals surface area contributed by atoms with Crippen molar-refractivity contribution in [2.75, 3.05) is 0 Å². The molecule has 0 spiro atoms. The maximum atomic E-state index is 5.86. The van der Waals surface area contributed by atoms with Crippen LogP contribution in [0.1, 0.15) is 22.6 Å². The normalized spacial score (nSPS) is 10.7. The van der Waals surface area contributed by atoms with Crippen LogP contribution in [0, 0.1) is 20.8 Å². The van der Waals surface area contributed by atoms with Gasteiger partial charge in [0, 0.05) is 5.56 Å². The number of nitrogens with zero attached hydrogens (tertiary/aromatic N) is 2. The molecule has 2 aromatic carbocycles. The van der Waals surface area contributed by atoms with Crippen LogP contribution in [-0.2, 0) is 6.61 Å². The lowest BCUT2D eigenvalue weighted by atomic mass is 10.1. The minimum Gasteiger partial charge on any atom is -0.483 e. The van der Waals surface area contributed by atoms with Crippen molar-refractivity contribution >= 4 is 0 Å². The molecule has 3 rings (SSSR count). The van der Waals surface area contributed by atoms with Gasteiger partial charge in [-0.25, -0.2) is 0 Å². The van der Waals surface area contributed by atoms with Crippen LogP contribution in [0.3, 0.4) is 0 Å². The zero-order valence-corrected chi connectivity index (χ0v) is 13.0. The van der Waals surface area contributed by atoms with Crippen molar-refractivity contribution in [2.45, 2.75) is 27.4 Å². The summed E-state index contributed by atoms with van der Waals surface area (Å²) in [7, 11) is 0. The maximum Gasteiger partial charge on any atom is 0.254 e. The number of aromatic nitrogens is 2. The van der Waals surface area contributed by atoms with Gasteiger partial charge < -0.3 is 9.15 Å². The minimum atomic E-state index is 0.268. The molecule has 0 aliphatic rings. The van der Waals surface area contributed by atoms with Gasteiger partial charge in [0.2, 0.25) is 5.89 Å². The van der Waals surface area contributed by atoms with Crippen molar-refractivity contribution in [3.8, 4) is 17.2 Å². The molecule has 1 aromatic heterocycles. The summed E-state index contributed by atoms with van der Waals surface area (Å²) >= 11 is 0. The van der Waals surface area contributed by atoms with Gasteiger partial charge >= 0.3 is 0 Å². The van der Waals surface area contributed by atoms with E-state index < -0.39 is 0 Å². The monoisotopic (exact) mass is 294 g/mol. The molecular formula is C18H18N2O2. The van der Waals surface area contributed by atoms with Crippen molar-refractivity contribution in [3.05, 3.63) is 65.0 Å². The Morgan fingerprint density at radius 2 is 1.64 bits per heavy atom. The summed E-state index contributed by atoms with van der Waals surface area (Å²) < 4.78 is 11.5. The lowest BCUT2D eigenvalue weighted by Crippen LogP contribution is -1.99. The average molecular weight is 294 g/mol. The van der Waals surface area contributed by atoms with E-state index in [0.29, 0.717) is 11.8 Å². The van der Waals surface area contributed by atoms with E-state index in [0.717, 1.165) is 22.4 Å². The molecule has 112 valence electrons. The van der Waals surface area contributed by atoms with Crippen LogP contribution in [0.5, 0.6) is 5.75 Å². The Labute approximate surface area is 129 Å². The second-order valence-electron chi connectivity index (χ2n) is 5.38. The first-order valence-corrected chi connectivity index (χ1v) is 7.22. The van der Waals surface area contributed by atoms with Gasteiger partial charge in [0.25, 0.3) is 5.89 Å². The molecular weight excluding hydrogens is 276 g/mol. The highest BCUT2D eigenvalue weighted by molar-refractivity contribution is 5.51. The van der Waals surface area contributed by atoms with Crippen molar-refractivity contribution in [3.63, 3.8) is 0 Å². The predicted molar refractivity (Wildman–Crippen MR) is 84.7 cm³/mol. The van der Waals surface area contributed by atoms with E-state index in [1.54, 1.807) is 0 Å². The van der Waals surface area contributed by atoms with Gasteiger partial charge in [0.15, 0.2) is 6.61 Å². The highest BCUT2D eigenvalue weighted by Gasteiger charge is 2.11. The fraction of sp³-hybridized carbons (Fsp3) is 0.222. The molecule has 0 bridgehead atoms. The zero-order valence-electron chi connectivity index (χ0n) is 13.0. The summed E-state index contributed by atoms with van der Waals surface area (Å²) in [6.45, 7) is 6.43. The third-order valence-electron chi connectivity index (χ3n) is 3.43. The van der Waals surface area contributed by atoms with Gasteiger partial charge in [-0.3, -0.25) is 0 Å². The molecule has 0 aliphatic heterocycles. The molecule has 0 radical (unpaired) electrons. The lowest BCUT2D eigenvalue weighted by molar-refractivity contribution is 0.261. The topological polar surface area (TPSA) is 48.2 Å². The van der Waals surface area contributed by atoms with E-state index in [-0.39, 0.29) is 6.61 Å². The number of hydrogen-bond acceptors (Lipinski definition) is 4. The minimum absolute atomic E-state index is 0.268. The van der Waals surface area contributed by atoms with Gasteiger partial charge in [0.05, 0.1) is 0 Å². The Morgan fingerprint density at radius 1 is 0.955 bits per heavy atom. The van der Waals surface area contributed by atoms with Crippen LogP contribution < -0.4 is 4.74 Å². The molecule has 0 saturated carbocycles. The van der Waals surface area contributed by atoms with Crippen LogP contribution in [0.4, 0.5) is 0 Å². The first-order valence-electron chi connectivity index (χ1n) is 7.22. The van der Waals surface area contributed by atoms with Crippen LogP contribution in [-0.4, -0.2) is 10.2 Å². The molecule has 0 atom stereocenters. The van der Waals surface area contributed by atoms with Gasteiger partial charge in [-0.1, -0.05) is 35.9 Å². The number of aryl methyl sites for hydroxylation is 3. The molecule has 3 aromatic rings. The average Bonchev–Trinajstić information content (AvgIpc) is 2.96. The highest BCUT2D eigenvalue weighted by atomic mass is 16.5. The van der Waals surface area contributed by atoms with Crippen molar-refractivity contribution in [2.24, 2.45) is 0 Å². The van der Waals surface area contributed by atoms with Crippen molar-refractivity contribution in [1.29, 1.82) is 0 Å². The molecule has 0 fully saturated rings. The third kappa shape index (κ3) is 3.01. The van der Waals surface area contributed by atoms with Crippen LogP contribution in [0.25, 0.3) is 11.5 Å². The highest BCUT2D eigenvalue weighted by Crippen LogP contribution is 2.25. The lowest BCUT2D eigenvalue weighted by Gasteiger charge is -2.11. The fourth-order valence-electron chi connectivity index (χ4n) is 2.54. The van der Waals surface area contributed by atoms with Gasteiger partial charge in [0.1, 0.15) is 5.75 Å². The van der Waals surface area contributed by atoms with E-state index in [9.17, 15) is 0 Å². The van der Waals surface area contributed by atoms with Crippen molar-refractivity contribution in [1.82, 2.24) is 10.2 Å². The van der Waals surface area contributed by atoms with Crippen molar-refractivity contribution < 1.29 is 9.15 Å². The van der Waals surface area contributed by atoms with E-state index >= 15 is 0 Å². The third-order valence-corrected chi connectivity index (χ3v) is 3.43. The van der Waals surface area contributed by atoms with E-state index in [1.807, 2.05) is 44.2 Å². The maximum absolute atomic E-state index is 5.86. The largest absolute Gasteiger partial charge is 0.483 e. The quantitative estimate of drug-likeness (QED) is 0.722. The zero-order chi connectivity index (χ0) is 15.5. The first kappa shape index (κ1) is 14.3. The number of ether oxygens (including phenoxy) is 1. The molecule has 1 heterocycles. The Hall–Kier alpha value is -2.62. The molecule has 0 amide bonds. The number of benzene rings is 2. The molecule has 0 N–H and O–H groups in total. The SMILES string of the molecule is Cc1cc(C)c(OCc2nnc(-c3ccccc3)o2)c(C)c1. The molecule has 22 heavy (non-hydrogen) atoms. The van der Waals surface area contributed by atoms with Crippen LogP contribution in [0.15, 0.2) is 46.9 Å². The van der Waals surface area contributed by atoms with Crippen LogP contribution >= 0.6 is 0 Å². The summed E-state index contributed by atoms with van der Waals surface area (Å²) in [5.74, 6) is 1.86. The standard InChI is InChI=1S/C18H18N2O2/c1-12-9-13(2)17(14(3)10-12)21-11-16-19-20-18(22-16)15-7-5-4-6-8-15/h4-10H,11H2,1-3H3. The Morgan fingerprint density at radius 3 is 2.32 bits per heavy atom. The summed E-state index contributed by atoms with van der Waals surface area (Å²) in [5.41, 5.74) is 4.36. The molecule has 4 nitrogen and oxygen atoms in total. The molecule has 4 heteroatoms. The summed E-state index contributed by atoms with van der Waals surface area (Å²) in [6, 6.07) is 13.9. The second kappa shape index (κ2) is 6.02. The van der Waals surface area contributed by atoms with Gasteiger partial charge in [-0.05, 0) is 44.0 Å². The van der Waals surface area contributed by atoms with E-state index in [4.69, 9.17) is 9.15 Å². The van der Waals surface area contributed by atoms with Gasteiger partial charge in [-0.15, -0.1) is 10.2 Å². The van der Waals surface area contributed by atoms with Crippen LogP contribution in [0.2, 0.25) is 0 Å². The second-order valence-corrected chi connectivity index (χ2v) is 5.38. The number of hydrogen-bond donors (Lipinski definition) is 0. The molecule has 0 saturated heterocycles. The first-order chi connectivity index (χ1) is 10.6. The van der Waals surface area contributed by atoms with E-state index in [1.165, 1.54) is 5.56 Å². The Bertz CT molecular complexity index is 756.